The average Bonchev–Trinajstić information content (AvgIpc) is 2.29. The monoisotopic (exact) mass is 252 g/mol. The quantitative estimate of drug-likeness (QED) is 0.499. The van der Waals surface area contributed by atoms with E-state index in [0.717, 1.165) is 9.92 Å². The molecule has 0 fully saturated rings. The number of rotatable bonds is 3. The molecule has 16 heavy (non-hydrogen) atoms. The number of nitrogens with one attached hydrogen (secondary N) is 1. The minimum Gasteiger partial charge on any atom is -0.308 e. The molecule has 82 valence electrons. The van der Waals surface area contributed by atoms with Crippen LogP contribution >= 0.6 is 23.4 Å². The molecule has 0 aliphatic heterocycles. The molecule has 0 aliphatic rings. The maximum Gasteiger partial charge on any atom is 0.144 e. The number of benzene rings is 1. The van der Waals surface area contributed by atoms with Gasteiger partial charge >= 0.3 is 0 Å². The lowest BCUT2D eigenvalue weighted by Crippen LogP contribution is -2.08. The topological polar surface area (TPSA) is 63.8 Å². The molecule has 4 nitrogen and oxygen atoms in total. The third kappa shape index (κ3) is 2.85. The summed E-state index contributed by atoms with van der Waals surface area (Å²) in [6, 6.07) is 9.34. The highest BCUT2D eigenvalue weighted by Gasteiger charge is 2.01. The summed E-state index contributed by atoms with van der Waals surface area (Å²) in [6.45, 7) is 0. The van der Waals surface area contributed by atoms with Crippen molar-refractivity contribution in [1.29, 1.82) is 0 Å². The second-order valence-corrected chi connectivity index (χ2v) is 4.48. The van der Waals surface area contributed by atoms with E-state index >= 15 is 0 Å². The summed E-state index contributed by atoms with van der Waals surface area (Å²) < 4.78 is 0. The molecule has 6 heteroatoms. The van der Waals surface area contributed by atoms with Crippen molar-refractivity contribution in [2.45, 2.75) is 9.92 Å². The fraction of sp³-hybridized carbons (Fsp3) is 0. The Balaban J connectivity index is 2.20. The van der Waals surface area contributed by atoms with Crippen LogP contribution in [0.1, 0.15) is 0 Å². The number of aromatic nitrogens is 2. The van der Waals surface area contributed by atoms with Gasteiger partial charge in [-0.15, -0.1) is 0 Å². The Morgan fingerprint density at radius 1 is 1.25 bits per heavy atom. The van der Waals surface area contributed by atoms with E-state index < -0.39 is 0 Å². The Morgan fingerprint density at radius 3 is 2.88 bits per heavy atom. The van der Waals surface area contributed by atoms with E-state index in [1.807, 2.05) is 24.3 Å². The molecule has 0 aliphatic carbocycles. The lowest BCUT2D eigenvalue weighted by Gasteiger charge is -2.03. The van der Waals surface area contributed by atoms with Crippen molar-refractivity contribution in [1.82, 2.24) is 9.97 Å². The van der Waals surface area contributed by atoms with E-state index in [1.165, 1.54) is 18.1 Å². The molecule has 1 aromatic heterocycles. The zero-order chi connectivity index (χ0) is 11.4. The molecule has 0 radical (unpaired) electrons. The number of hydrogen-bond acceptors (Lipinski definition) is 5. The Bertz CT molecular complexity index is 492. The van der Waals surface area contributed by atoms with Crippen LogP contribution in [0.5, 0.6) is 0 Å². The van der Waals surface area contributed by atoms with Crippen LogP contribution in [-0.4, -0.2) is 9.97 Å². The van der Waals surface area contributed by atoms with Crippen molar-refractivity contribution < 1.29 is 0 Å². The minimum absolute atomic E-state index is 0.583. The molecule has 0 amide bonds. The Labute approximate surface area is 102 Å². The Morgan fingerprint density at radius 2 is 2.12 bits per heavy atom. The summed E-state index contributed by atoms with van der Waals surface area (Å²) >= 11 is 7.39. The highest BCUT2D eigenvalue weighted by Crippen LogP contribution is 2.28. The van der Waals surface area contributed by atoms with Gasteiger partial charge in [-0.25, -0.2) is 15.8 Å². The van der Waals surface area contributed by atoms with Crippen molar-refractivity contribution in [3.05, 3.63) is 41.7 Å². The molecule has 0 saturated carbocycles. The molecular weight excluding hydrogens is 244 g/mol. The summed E-state index contributed by atoms with van der Waals surface area (Å²) in [5.41, 5.74) is 2.47. The maximum absolute atomic E-state index is 5.89. The van der Waals surface area contributed by atoms with Gasteiger partial charge < -0.3 is 5.43 Å². The Hall–Kier alpha value is -1.30. The second kappa shape index (κ2) is 5.16. The van der Waals surface area contributed by atoms with Gasteiger partial charge in [-0.3, -0.25) is 0 Å². The summed E-state index contributed by atoms with van der Waals surface area (Å²) in [5, 5.41) is 1.52. The first-order valence-electron chi connectivity index (χ1n) is 4.50. The average molecular weight is 253 g/mol. The first-order chi connectivity index (χ1) is 7.78. The smallest absolute Gasteiger partial charge is 0.144 e. The lowest BCUT2D eigenvalue weighted by atomic mass is 10.4. The van der Waals surface area contributed by atoms with Crippen LogP contribution in [0.2, 0.25) is 5.02 Å². The standard InChI is InChI=1S/C10H9ClN4S/c11-7-2-1-3-8(4-7)16-10-5-9(15-12)13-6-14-10/h1-6H,12H2,(H,13,14,15). The van der Waals surface area contributed by atoms with Gasteiger partial charge in [-0.05, 0) is 18.2 Å². The molecule has 0 atom stereocenters. The molecule has 1 heterocycles. The van der Waals surface area contributed by atoms with Gasteiger partial charge in [0.2, 0.25) is 0 Å². The highest BCUT2D eigenvalue weighted by molar-refractivity contribution is 7.99. The number of halogens is 1. The summed E-state index contributed by atoms with van der Waals surface area (Å²) in [4.78, 5) is 9.08. The molecule has 0 unspecified atom stereocenters. The minimum atomic E-state index is 0.583. The van der Waals surface area contributed by atoms with Crippen molar-refractivity contribution in [3.8, 4) is 0 Å². The lowest BCUT2D eigenvalue weighted by molar-refractivity contribution is 1.04. The van der Waals surface area contributed by atoms with Crippen LogP contribution in [0.25, 0.3) is 0 Å². The van der Waals surface area contributed by atoms with Crippen molar-refractivity contribution in [3.63, 3.8) is 0 Å². The number of hydrazine groups is 1. The highest BCUT2D eigenvalue weighted by atomic mass is 35.5. The third-order valence-electron chi connectivity index (χ3n) is 1.81. The van der Waals surface area contributed by atoms with Crippen LogP contribution in [-0.2, 0) is 0 Å². The fourth-order valence-corrected chi connectivity index (χ4v) is 2.22. The largest absolute Gasteiger partial charge is 0.308 e. The number of anilines is 1. The van der Waals surface area contributed by atoms with Crippen LogP contribution in [0.4, 0.5) is 5.82 Å². The number of nitrogens with zero attached hydrogens (tertiary/aromatic N) is 2. The molecule has 0 bridgehead atoms. The maximum atomic E-state index is 5.89. The van der Waals surface area contributed by atoms with E-state index in [4.69, 9.17) is 17.4 Å². The summed E-state index contributed by atoms with van der Waals surface area (Å²) in [5.74, 6) is 5.85. The predicted molar refractivity (Wildman–Crippen MR) is 65.4 cm³/mol. The van der Waals surface area contributed by atoms with E-state index in [2.05, 4.69) is 15.4 Å². The van der Waals surface area contributed by atoms with Crippen LogP contribution in [0.3, 0.4) is 0 Å². The van der Waals surface area contributed by atoms with Crippen molar-refractivity contribution >= 4 is 29.2 Å². The molecule has 0 saturated heterocycles. The normalized spacial score (nSPS) is 10.1. The first-order valence-corrected chi connectivity index (χ1v) is 5.69. The fourth-order valence-electron chi connectivity index (χ4n) is 1.13. The van der Waals surface area contributed by atoms with Gasteiger partial charge in [-0.2, -0.15) is 0 Å². The first kappa shape index (κ1) is 11.2. The molecule has 2 aromatic rings. The van der Waals surface area contributed by atoms with Crippen molar-refractivity contribution in [2.24, 2.45) is 5.84 Å². The Kier molecular flexibility index (Phi) is 3.61. The van der Waals surface area contributed by atoms with Gasteiger partial charge in [0.25, 0.3) is 0 Å². The van der Waals surface area contributed by atoms with Gasteiger partial charge in [0.1, 0.15) is 17.2 Å². The van der Waals surface area contributed by atoms with Crippen LogP contribution in [0, 0.1) is 0 Å². The van der Waals surface area contributed by atoms with E-state index in [0.29, 0.717) is 10.8 Å². The molecule has 3 N–H and O–H groups in total. The van der Waals surface area contributed by atoms with Gasteiger partial charge in [0.15, 0.2) is 0 Å². The summed E-state index contributed by atoms with van der Waals surface area (Å²) in [7, 11) is 0. The second-order valence-electron chi connectivity index (χ2n) is 2.95. The summed E-state index contributed by atoms with van der Waals surface area (Å²) in [6.07, 6.45) is 1.46. The zero-order valence-corrected chi connectivity index (χ0v) is 9.79. The van der Waals surface area contributed by atoms with E-state index in [1.54, 1.807) is 6.07 Å². The van der Waals surface area contributed by atoms with Gasteiger partial charge in [-0.1, -0.05) is 29.4 Å². The van der Waals surface area contributed by atoms with Crippen molar-refractivity contribution in [2.75, 3.05) is 5.43 Å². The molecule has 1 aromatic carbocycles. The SMILES string of the molecule is NNc1cc(Sc2cccc(Cl)c2)ncn1. The van der Waals surface area contributed by atoms with E-state index in [-0.39, 0.29) is 0 Å². The number of hydrogen-bond donors (Lipinski definition) is 2. The van der Waals surface area contributed by atoms with Crippen LogP contribution < -0.4 is 11.3 Å². The zero-order valence-electron chi connectivity index (χ0n) is 8.22. The number of nitrogen functional groups attached to an aromatic ring is 1. The van der Waals surface area contributed by atoms with Crippen LogP contribution in [0.15, 0.2) is 46.6 Å². The predicted octanol–water partition coefficient (Wildman–Crippen LogP) is 2.57. The number of nitrogens with two attached hydrogens (primary N) is 1. The molecule has 0 spiro atoms. The van der Waals surface area contributed by atoms with E-state index in [9.17, 15) is 0 Å². The van der Waals surface area contributed by atoms with Gasteiger partial charge in [0.05, 0.1) is 0 Å². The molecule has 2 rings (SSSR count). The van der Waals surface area contributed by atoms with Gasteiger partial charge in [0, 0.05) is 16.0 Å². The third-order valence-corrected chi connectivity index (χ3v) is 2.97. The molecular formula is C10H9ClN4S.